The topological polar surface area (TPSA) is 123 Å². The molecule has 0 saturated carbocycles. The summed E-state index contributed by atoms with van der Waals surface area (Å²) in [6, 6.07) is 15.9. The van der Waals surface area contributed by atoms with E-state index in [1.807, 2.05) is 48.5 Å². The number of quaternary nitrogens is 1. The predicted molar refractivity (Wildman–Crippen MR) is 133 cm³/mol. The number of hydrogen-bond donors (Lipinski definition) is 2. The summed E-state index contributed by atoms with van der Waals surface area (Å²) in [7, 11) is -1.82. The van der Waals surface area contributed by atoms with Gasteiger partial charge in [0.05, 0.1) is 53.1 Å². The second kappa shape index (κ2) is 11.9. The zero-order valence-electron chi connectivity index (χ0n) is 19.2. The molecule has 4 rings (SSSR count). The van der Waals surface area contributed by atoms with Crippen LogP contribution in [0.25, 0.3) is 10.8 Å². The Balaban J connectivity index is 0.000000406. The zero-order valence-corrected chi connectivity index (χ0v) is 20.8. The van der Waals surface area contributed by atoms with Crippen LogP contribution in [0.5, 0.6) is 0 Å². The van der Waals surface area contributed by atoms with Crippen molar-refractivity contribution in [2.24, 2.45) is 5.73 Å². The molecule has 0 spiro atoms. The quantitative estimate of drug-likeness (QED) is 0.504. The number of rotatable bonds is 5. The largest absolute Gasteiger partial charge is 0.748 e. The zero-order chi connectivity index (χ0) is 24.7. The Kier molecular flexibility index (Phi) is 9.21. The van der Waals surface area contributed by atoms with Gasteiger partial charge in [-0.05, 0) is 36.6 Å². The first-order valence-corrected chi connectivity index (χ1v) is 13.3. The van der Waals surface area contributed by atoms with Crippen LogP contribution in [0, 0.1) is 0 Å². The van der Waals surface area contributed by atoms with E-state index in [0.29, 0.717) is 6.42 Å². The van der Waals surface area contributed by atoms with Crippen molar-refractivity contribution in [3.63, 3.8) is 0 Å². The molecule has 34 heavy (non-hydrogen) atoms. The van der Waals surface area contributed by atoms with Gasteiger partial charge in [-0.1, -0.05) is 41.9 Å². The smallest absolute Gasteiger partial charge is 0.274 e. The van der Waals surface area contributed by atoms with Gasteiger partial charge in [0.2, 0.25) is 0 Å². The number of halogens is 1. The molecule has 0 amide bonds. The lowest BCUT2D eigenvalue weighted by Crippen LogP contribution is -3.08. The van der Waals surface area contributed by atoms with Gasteiger partial charge >= 0.3 is 0 Å². The number of aromatic nitrogens is 2. The van der Waals surface area contributed by atoms with Crippen molar-refractivity contribution in [3.8, 4) is 0 Å². The van der Waals surface area contributed by atoms with Crippen LogP contribution in [-0.2, 0) is 16.5 Å². The summed E-state index contributed by atoms with van der Waals surface area (Å²) in [5.74, 6) is -0.465. The van der Waals surface area contributed by atoms with Gasteiger partial charge in [0.25, 0.3) is 5.56 Å². The number of nitrogens with two attached hydrogens (primary N) is 1. The van der Waals surface area contributed by atoms with E-state index in [1.165, 1.54) is 4.90 Å². The molecule has 1 aromatic heterocycles. The van der Waals surface area contributed by atoms with Crippen molar-refractivity contribution in [2.75, 3.05) is 32.4 Å². The Morgan fingerprint density at radius 3 is 2.41 bits per heavy atom. The highest BCUT2D eigenvalue weighted by Crippen LogP contribution is 2.22. The summed E-state index contributed by atoms with van der Waals surface area (Å²) >= 11 is 6.02. The maximum atomic E-state index is 13.1. The van der Waals surface area contributed by atoms with E-state index in [-0.39, 0.29) is 18.1 Å². The van der Waals surface area contributed by atoms with Gasteiger partial charge in [0.15, 0.2) is 0 Å². The molecule has 2 unspecified atom stereocenters. The summed E-state index contributed by atoms with van der Waals surface area (Å²) < 4.78 is 30.6. The maximum Gasteiger partial charge on any atom is 0.274 e. The van der Waals surface area contributed by atoms with Crippen molar-refractivity contribution in [3.05, 3.63) is 75.2 Å². The standard InChI is InChI=1S/C22H24ClN3O.C2H7NO3S/c1-25-13-4-5-18(12-14-25)26-22(27)20-7-3-2-6-19(20)21(24-26)15-16-8-10-17(23)11-9-16;3-1-2-7(4,5)6/h2-3,6-11,18H,4-5,12-15H2,1H3;1-3H2,(H,4,5,6). The van der Waals surface area contributed by atoms with Gasteiger partial charge < -0.3 is 15.2 Å². The third-order valence-electron chi connectivity index (χ3n) is 5.95. The molecule has 2 heterocycles. The number of fused-ring (bicyclic) bond motifs is 1. The highest BCUT2D eigenvalue weighted by molar-refractivity contribution is 7.85. The third-order valence-corrected chi connectivity index (χ3v) is 6.94. The molecule has 2 aromatic carbocycles. The fourth-order valence-electron chi connectivity index (χ4n) is 4.16. The molecule has 0 aliphatic carbocycles. The summed E-state index contributed by atoms with van der Waals surface area (Å²) in [4.78, 5) is 14.7. The Morgan fingerprint density at radius 2 is 1.79 bits per heavy atom. The van der Waals surface area contributed by atoms with E-state index in [4.69, 9.17) is 22.4 Å². The molecule has 0 radical (unpaired) electrons. The minimum absolute atomic E-state index is 0.0370. The number of hydrogen-bond acceptors (Lipinski definition) is 6. The molecule has 3 aromatic rings. The molecule has 0 bridgehead atoms. The van der Waals surface area contributed by atoms with Gasteiger partial charge in [0.1, 0.15) is 0 Å². The van der Waals surface area contributed by atoms with E-state index >= 15 is 0 Å². The van der Waals surface area contributed by atoms with E-state index in [9.17, 15) is 17.8 Å². The van der Waals surface area contributed by atoms with Crippen LogP contribution in [0.2, 0.25) is 5.02 Å². The third kappa shape index (κ3) is 7.35. The number of likely N-dealkylation sites (tertiary alicyclic amines) is 1. The fraction of sp³-hybridized carbons (Fsp3) is 0.417. The molecule has 10 heteroatoms. The highest BCUT2D eigenvalue weighted by atomic mass is 35.5. The lowest BCUT2D eigenvalue weighted by Gasteiger charge is -2.18. The molecule has 1 fully saturated rings. The minimum atomic E-state index is -4.05. The van der Waals surface area contributed by atoms with Gasteiger partial charge in [-0.15, -0.1) is 0 Å². The number of nitrogens with zero attached hydrogens (tertiary/aromatic N) is 2. The normalized spacial score (nSPS) is 18.7. The van der Waals surface area contributed by atoms with Crippen LogP contribution < -0.4 is 16.2 Å². The van der Waals surface area contributed by atoms with Crippen LogP contribution in [0.4, 0.5) is 0 Å². The van der Waals surface area contributed by atoms with Crippen molar-refractivity contribution >= 4 is 32.5 Å². The molecule has 1 aliphatic heterocycles. The molecule has 1 saturated heterocycles. The SMILES string of the molecule is C[NH+]1CCCC(n2nc(Cc3ccc(Cl)cc3)c3ccccc3c2=O)CC1.NCCS(=O)(=O)[O-]. The predicted octanol–water partition coefficient (Wildman–Crippen LogP) is 1.37. The van der Waals surface area contributed by atoms with Gasteiger partial charge in [-0.3, -0.25) is 4.79 Å². The Morgan fingerprint density at radius 1 is 1.12 bits per heavy atom. The van der Waals surface area contributed by atoms with Crippen molar-refractivity contribution < 1.29 is 17.9 Å². The van der Waals surface area contributed by atoms with E-state index < -0.39 is 15.9 Å². The van der Waals surface area contributed by atoms with Crippen LogP contribution in [0.3, 0.4) is 0 Å². The van der Waals surface area contributed by atoms with Crippen molar-refractivity contribution in [2.45, 2.75) is 31.7 Å². The van der Waals surface area contributed by atoms with E-state index in [0.717, 1.165) is 59.4 Å². The number of benzene rings is 2. The lowest BCUT2D eigenvalue weighted by atomic mass is 10.0. The second-order valence-corrected chi connectivity index (χ2v) is 10.6. The Bertz CT molecular complexity index is 1260. The maximum absolute atomic E-state index is 13.1. The molecule has 3 N–H and O–H groups in total. The summed E-state index contributed by atoms with van der Waals surface area (Å²) in [5, 5.41) is 7.31. The number of nitrogens with one attached hydrogen (secondary N) is 1. The fourth-order valence-corrected chi connectivity index (χ4v) is 4.57. The van der Waals surface area contributed by atoms with E-state index in [1.54, 1.807) is 4.68 Å². The summed E-state index contributed by atoms with van der Waals surface area (Å²) in [5.41, 5.74) is 6.87. The van der Waals surface area contributed by atoms with Crippen molar-refractivity contribution in [1.82, 2.24) is 9.78 Å². The van der Waals surface area contributed by atoms with Crippen LogP contribution in [0.15, 0.2) is 53.3 Å². The molecule has 184 valence electrons. The lowest BCUT2D eigenvalue weighted by molar-refractivity contribution is -0.878. The summed E-state index contributed by atoms with van der Waals surface area (Å²) in [6.07, 6.45) is 3.83. The van der Waals surface area contributed by atoms with Crippen LogP contribution in [-0.4, -0.2) is 55.2 Å². The molecule has 2 atom stereocenters. The average molecular weight is 507 g/mol. The van der Waals surface area contributed by atoms with Gasteiger partial charge in [-0.25, -0.2) is 13.1 Å². The van der Waals surface area contributed by atoms with Gasteiger partial charge in [0, 0.05) is 29.8 Å². The molecular formula is C24H31ClN4O4S. The molecular weight excluding hydrogens is 476 g/mol. The van der Waals surface area contributed by atoms with Crippen molar-refractivity contribution in [1.29, 1.82) is 0 Å². The van der Waals surface area contributed by atoms with E-state index in [2.05, 4.69) is 7.05 Å². The highest BCUT2D eigenvalue weighted by Gasteiger charge is 2.22. The van der Waals surface area contributed by atoms with Crippen LogP contribution in [0.1, 0.15) is 36.6 Å². The first kappa shape index (κ1) is 26.3. The first-order chi connectivity index (χ1) is 16.2. The Labute approximate surface area is 205 Å². The average Bonchev–Trinajstić information content (AvgIpc) is 3.01. The Hall–Kier alpha value is -2.30. The van der Waals surface area contributed by atoms with Crippen LogP contribution >= 0.6 is 11.6 Å². The minimum Gasteiger partial charge on any atom is -0.748 e. The monoisotopic (exact) mass is 506 g/mol. The second-order valence-electron chi connectivity index (χ2n) is 8.64. The molecule has 1 aliphatic rings. The van der Waals surface area contributed by atoms with Gasteiger partial charge in [-0.2, -0.15) is 5.10 Å². The molecule has 8 nitrogen and oxygen atoms in total. The summed E-state index contributed by atoms with van der Waals surface area (Å²) in [6.45, 7) is 2.15. The first-order valence-electron chi connectivity index (χ1n) is 11.4.